The number of rotatable bonds is 5. The van der Waals surface area contributed by atoms with Gasteiger partial charge in [-0.2, -0.15) is 0 Å². The average molecular weight is 243 g/mol. The summed E-state index contributed by atoms with van der Waals surface area (Å²) < 4.78 is 10.5. The topological polar surface area (TPSA) is 64.7 Å². The fourth-order valence-corrected chi connectivity index (χ4v) is 2.35. The first-order chi connectivity index (χ1) is 7.69. The number of methoxy groups -OCH3 is 2. The molecule has 0 spiro atoms. The van der Waals surface area contributed by atoms with Crippen LogP contribution in [0.3, 0.4) is 0 Å². The van der Waals surface area contributed by atoms with Gasteiger partial charge in [-0.15, -0.1) is 11.8 Å². The molecule has 90 valence electrons. The molecular weight excluding hydrogens is 226 g/mol. The molecule has 0 aromatic heterocycles. The summed E-state index contributed by atoms with van der Waals surface area (Å²) in [5.74, 6) is 1.35. The zero-order valence-corrected chi connectivity index (χ0v) is 10.5. The van der Waals surface area contributed by atoms with Crippen molar-refractivity contribution in [2.75, 3.05) is 27.0 Å². The summed E-state index contributed by atoms with van der Waals surface area (Å²) in [6.07, 6.45) is 1.18. The van der Waals surface area contributed by atoms with E-state index in [0.29, 0.717) is 11.3 Å². The third-order valence-corrected chi connectivity index (χ3v) is 3.15. The molecule has 1 unspecified atom stereocenters. The van der Waals surface area contributed by atoms with Gasteiger partial charge in [-0.3, -0.25) is 0 Å². The van der Waals surface area contributed by atoms with Gasteiger partial charge in [0.15, 0.2) is 0 Å². The van der Waals surface area contributed by atoms with Gasteiger partial charge in [-0.25, -0.2) is 0 Å². The summed E-state index contributed by atoms with van der Waals surface area (Å²) in [5.41, 5.74) is 6.18. The smallest absolute Gasteiger partial charge is 0.133 e. The minimum atomic E-state index is -0.743. The summed E-state index contributed by atoms with van der Waals surface area (Å²) >= 11 is 1.50. The summed E-state index contributed by atoms with van der Waals surface area (Å²) in [5, 5.41) is 9.90. The molecule has 1 rings (SSSR count). The highest BCUT2D eigenvalue weighted by atomic mass is 32.2. The van der Waals surface area contributed by atoms with E-state index in [4.69, 9.17) is 15.2 Å². The van der Waals surface area contributed by atoms with Crippen LogP contribution in [0, 0.1) is 0 Å². The van der Waals surface area contributed by atoms with Gasteiger partial charge in [0.2, 0.25) is 0 Å². The summed E-state index contributed by atoms with van der Waals surface area (Å²) in [4.78, 5) is 0.861. The van der Waals surface area contributed by atoms with Crippen molar-refractivity contribution in [1.29, 1.82) is 0 Å². The number of aliphatic hydroxyl groups excluding tert-OH is 1. The quantitative estimate of drug-likeness (QED) is 0.766. The molecule has 0 bridgehead atoms. The third-order valence-electron chi connectivity index (χ3n) is 2.32. The molecule has 0 fully saturated rings. The molecule has 1 aromatic rings. The van der Waals surface area contributed by atoms with Crippen molar-refractivity contribution in [3.05, 3.63) is 17.7 Å². The first kappa shape index (κ1) is 13.2. The number of thioether (sulfide) groups is 1. The highest BCUT2D eigenvalue weighted by molar-refractivity contribution is 7.98. The Bertz CT molecular complexity index is 357. The van der Waals surface area contributed by atoms with Crippen molar-refractivity contribution in [2.45, 2.75) is 11.0 Å². The lowest BCUT2D eigenvalue weighted by molar-refractivity contribution is 0.178. The molecule has 0 aliphatic rings. The Morgan fingerprint density at radius 1 is 1.31 bits per heavy atom. The molecule has 0 saturated carbocycles. The van der Waals surface area contributed by atoms with Crippen LogP contribution in [-0.2, 0) is 0 Å². The lowest BCUT2D eigenvalue weighted by atomic mass is 10.1. The van der Waals surface area contributed by atoms with Crippen molar-refractivity contribution >= 4 is 11.8 Å². The molecule has 1 atom stereocenters. The second kappa shape index (κ2) is 5.98. The van der Waals surface area contributed by atoms with Crippen LogP contribution in [0.15, 0.2) is 17.0 Å². The Balaban J connectivity index is 3.36. The number of hydrogen-bond acceptors (Lipinski definition) is 5. The van der Waals surface area contributed by atoms with Gasteiger partial charge < -0.3 is 20.3 Å². The predicted molar refractivity (Wildman–Crippen MR) is 65.3 cm³/mol. The second-order valence-electron chi connectivity index (χ2n) is 3.17. The highest BCUT2D eigenvalue weighted by Gasteiger charge is 2.19. The van der Waals surface area contributed by atoms with E-state index in [-0.39, 0.29) is 6.54 Å². The highest BCUT2D eigenvalue weighted by Crippen LogP contribution is 2.40. The minimum absolute atomic E-state index is 0.150. The number of ether oxygens (including phenoxy) is 2. The number of benzene rings is 1. The molecule has 3 N–H and O–H groups in total. The van der Waals surface area contributed by atoms with E-state index in [1.54, 1.807) is 20.3 Å². The standard InChI is InChI=1S/C11H17NO3S/c1-14-8-4-5-9(15-2)11(16-3)10(8)7(13)6-12/h4-5,7,13H,6,12H2,1-3H3. The molecule has 16 heavy (non-hydrogen) atoms. The van der Waals surface area contributed by atoms with Crippen LogP contribution >= 0.6 is 11.8 Å². The zero-order valence-electron chi connectivity index (χ0n) is 9.69. The van der Waals surface area contributed by atoms with Gasteiger partial charge >= 0.3 is 0 Å². The largest absolute Gasteiger partial charge is 0.496 e. The maximum Gasteiger partial charge on any atom is 0.133 e. The Morgan fingerprint density at radius 3 is 2.31 bits per heavy atom. The van der Waals surface area contributed by atoms with Crippen LogP contribution in [0.5, 0.6) is 11.5 Å². The van der Waals surface area contributed by atoms with E-state index in [9.17, 15) is 5.11 Å². The molecule has 0 radical (unpaired) electrons. The SMILES string of the molecule is COc1ccc(OC)c(C(O)CN)c1SC. The maximum absolute atomic E-state index is 9.90. The lowest BCUT2D eigenvalue weighted by Gasteiger charge is -2.18. The molecule has 0 aliphatic carbocycles. The van der Waals surface area contributed by atoms with Gasteiger partial charge in [-0.05, 0) is 18.4 Å². The summed E-state index contributed by atoms with van der Waals surface area (Å²) in [7, 11) is 3.17. The first-order valence-corrected chi connectivity index (χ1v) is 6.09. The van der Waals surface area contributed by atoms with Crippen molar-refractivity contribution in [3.8, 4) is 11.5 Å². The van der Waals surface area contributed by atoms with Crippen molar-refractivity contribution < 1.29 is 14.6 Å². The van der Waals surface area contributed by atoms with Gasteiger partial charge in [0.25, 0.3) is 0 Å². The summed E-state index contributed by atoms with van der Waals surface area (Å²) in [6, 6.07) is 3.59. The monoisotopic (exact) mass is 243 g/mol. The normalized spacial score (nSPS) is 12.3. The van der Waals surface area contributed by atoms with E-state index in [0.717, 1.165) is 10.6 Å². The van der Waals surface area contributed by atoms with Crippen LogP contribution in [0.4, 0.5) is 0 Å². The fourth-order valence-electron chi connectivity index (χ4n) is 1.54. The van der Waals surface area contributed by atoms with Gasteiger partial charge in [0.05, 0.1) is 25.2 Å². The Labute approximate surface area is 99.7 Å². The van der Waals surface area contributed by atoms with E-state index >= 15 is 0 Å². The van der Waals surface area contributed by atoms with Crippen LogP contribution in [0.1, 0.15) is 11.7 Å². The van der Waals surface area contributed by atoms with Gasteiger partial charge in [0, 0.05) is 12.1 Å². The molecular formula is C11H17NO3S. The van der Waals surface area contributed by atoms with E-state index in [2.05, 4.69) is 0 Å². The first-order valence-electron chi connectivity index (χ1n) is 4.86. The zero-order chi connectivity index (χ0) is 12.1. The molecule has 4 nitrogen and oxygen atoms in total. The Hall–Kier alpha value is -0.910. The maximum atomic E-state index is 9.90. The Morgan fingerprint density at radius 2 is 1.88 bits per heavy atom. The van der Waals surface area contributed by atoms with Crippen LogP contribution in [0.2, 0.25) is 0 Å². The fraction of sp³-hybridized carbons (Fsp3) is 0.455. The number of nitrogens with two attached hydrogens (primary N) is 1. The van der Waals surface area contributed by atoms with E-state index < -0.39 is 6.10 Å². The van der Waals surface area contributed by atoms with Crippen molar-refractivity contribution in [1.82, 2.24) is 0 Å². The molecule has 5 heteroatoms. The van der Waals surface area contributed by atoms with Gasteiger partial charge in [0.1, 0.15) is 11.5 Å². The van der Waals surface area contributed by atoms with E-state index in [1.807, 2.05) is 12.3 Å². The average Bonchev–Trinajstić information content (AvgIpc) is 2.35. The molecule has 0 amide bonds. The third kappa shape index (κ3) is 2.42. The molecule has 0 saturated heterocycles. The second-order valence-corrected chi connectivity index (χ2v) is 3.99. The van der Waals surface area contributed by atoms with Crippen LogP contribution in [-0.4, -0.2) is 32.1 Å². The van der Waals surface area contributed by atoms with Crippen LogP contribution in [0.25, 0.3) is 0 Å². The molecule has 0 heterocycles. The van der Waals surface area contributed by atoms with Crippen LogP contribution < -0.4 is 15.2 Å². The van der Waals surface area contributed by atoms with E-state index in [1.165, 1.54) is 11.8 Å². The number of hydrogen-bond donors (Lipinski definition) is 2. The van der Waals surface area contributed by atoms with Crippen molar-refractivity contribution in [2.24, 2.45) is 5.73 Å². The lowest BCUT2D eigenvalue weighted by Crippen LogP contribution is -2.14. The molecule has 1 aromatic carbocycles. The van der Waals surface area contributed by atoms with Crippen molar-refractivity contribution in [3.63, 3.8) is 0 Å². The molecule has 0 aliphatic heterocycles. The van der Waals surface area contributed by atoms with Gasteiger partial charge in [-0.1, -0.05) is 0 Å². The minimum Gasteiger partial charge on any atom is -0.496 e. The number of aliphatic hydroxyl groups is 1. The summed E-state index contributed by atoms with van der Waals surface area (Å²) in [6.45, 7) is 0.150. The Kier molecular flexibility index (Phi) is 4.92. The predicted octanol–water partition coefficient (Wildman–Crippen LogP) is 1.42.